The SMILES string of the molecule is C#C.C=C/C(=C\C=C/C)COCC(NC(=O)OC(C)(C)C)C(=O)OCC(C)(C)CC(C)(C)OC(=O)C(COCc1ccccc1)NC(=O)OC(C)(C)C.CC. The van der Waals surface area contributed by atoms with Crippen molar-refractivity contribution >= 4 is 24.1 Å². The molecule has 0 saturated heterocycles. The average Bonchev–Trinajstić information content (AvgIpc) is 3.07. The fourth-order valence-corrected chi connectivity index (χ4v) is 4.75. The summed E-state index contributed by atoms with van der Waals surface area (Å²) in [5.41, 5.74) is -1.64. The van der Waals surface area contributed by atoms with Gasteiger partial charge in [0.25, 0.3) is 0 Å². The minimum absolute atomic E-state index is 0.0712. The summed E-state index contributed by atoms with van der Waals surface area (Å²) in [5.74, 6) is -1.44. The fraction of sp³-hybridized carbons (Fsp3) is 0.581. The maximum atomic E-state index is 13.4. The first-order valence-corrected chi connectivity index (χ1v) is 18.4. The summed E-state index contributed by atoms with van der Waals surface area (Å²) >= 11 is 0. The second kappa shape index (κ2) is 26.2. The third-order valence-electron chi connectivity index (χ3n) is 6.55. The van der Waals surface area contributed by atoms with Crippen LogP contribution < -0.4 is 10.6 Å². The molecule has 0 heterocycles. The van der Waals surface area contributed by atoms with Crippen LogP contribution in [-0.4, -0.2) is 79.4 Å². The first kappa shape index (κ1) is 52.5. The number of hydrogen-bond donors (Lipinski definition) is 2. The molecule has 0 saturated carbocycles. The van der Waals surface area contributed by atoms with Crippen LogP contribution in [0.1, 0.15) is 102 Å². The Morgan fingerprint density at radius 3 is 1.73 bits per heavy atom. The molecular formula is C43H68N2O10. The van der Waals surface area contributed by atoms with Crippen LogP contribution in [-0.2, 0) is 44.6 Å². The number of benzene rings is 1. The highest BCUT2D eigenvalue weighted by Gasteiger charge is 2.37. The van der Waals surface area contributed by atoms with Gasteiger partial charge in [-0.15, -0.1) is 12.8 Å². The van der Waals surface area contributed by atoms with Crippen molar-refractivity contribution in [3.8, 4) is 12.8 Å². The van der Waals surface area contributed by atoms with E-state index in [4.69, 9.17) is 28.4 Å². The van der Waals surface area contributed by atoms with Crippen LogP contribution in [0.5, 0.6) is 0 Å². The van der Waals surface area contributed by atoms with E-state index in [0.717, 1.165) is 11.1 Å². The lowest BCUT2D eigenvalue weighted by atomic mass is 9.82. The second-order valence-corrected chi connectivity index (χ2v) is 15.5. The maximum absolute atomic E-state index is 13.4. The van der Waals surface area contributed by atoms with Crippen molar-refractivity contribution < 1.29 is 47.6 Å². The normalized spacial score (nSPS) is 13.0. The van der Waals surface area contributed by atoms with E-state index in [0.29, 0.717) is 0 Å². The Morgan fingerprint density at radius 1 is 0.764 bits per heavy atom. The molecule has 1 aromatic rings. The number of carbonyl (C=O) groups is 4. The molecule has 0 fully saturated rings. The van der Waals surface area contributed by atoms with Gasteiger partial charge in [0.15, 0.2) is 12.1 Å². The number of hydrogen-bond acceptors (Lipinski definition) is 10. The van der Waals surface area contributed by atoms with Crippen LogP contribution >= 0.6 is 0 Å². The van der Waals surface area contributed by atoms with Crippen molar-refractivity contribution in [2.75, 3.05) is 26.4 Å². The van der Waals surface area contributed by atoms with Gasteiger partial charge in [-0.05, 0) is 79.9 Å². The molecule has 2 N–H and O–H groups in total. The van der Waals surface area contributed by atoms with E-state index >= 15 is 0 Å². The smallest absolute Gasteiger partial charge is 0.408 e. The minimum Gasteiger partial charge on any atom is -0.464 e. The average molecular weight is 773 g/mol. The molecule has 0 aliphatic heterocycles. The van der Waals surface area contributed by atoms with Gasteiger partial charge in [-0.1, -0.05) is 88.9 Å². The molecule has 12 nitrogen and oxygen atoms in total. The fourth-order valence-electron chi connectivity index (χ4n) is 4.75. The van der Waals surface area contributed by atoms with Gasteiger partial charge in [0, 0.05) is 5.41 Å². The van der Waals surface area contributed by atoms with Gasteiger partial charge in [-0.3, -0.25) is 0 Å². The van der Waals surface area contributed by atoms with Crippen molar-refractivity contribution in [1.29, 1.82) is 0 Å². The standard InChI is InChI=1S/C39H60N2O10.C2H6.C2H2/c1-13-15-19-28(14-2)22-46-24-30(40-34(44)50-36(3,4)5)32(42)48-27-38(9,10)26-39(11,12)49-33(43)31(41-35(45)51-37(6,7)8)25-47-23-29-20-17-16-18-21-29;2*1-2/h13-21,30-31H,2,22-27H2,1,3-12H3,(H,40,44)(H,41,45);1-2H3;1-2H/b15-13-,28-19+;;. The number of ether oxygens (including phenoxy) is 6. The maximum Gasteiger partial charge on any atom is 0.408 e. The molecule has 310 valence electrons. The van der Waals surface area contributed by atoms with E-state index in [9.17, 15) is 19.2 Å². The Morgan fingerprint density at radius 2 is 1.25 bits per heavy atom. The third kappa shape index (κ3) is 26.8. The summed E-state index contributed by atoms with van der Waals surface area (Å²) in [6, 6.07) is 7.09. The summed E-state index contributed by atoms with van der Waals surface area (Å²) < 4.78 is 33.8. The van der Waals surface area contributed by atoms with Gasteiger partial charge in [0.2, 0.25) is 0 Å². The molecule has 0 aliphatic carbocycles. The van der Waals surface area contributed by atoms with Crippen molar-refractivity contribution in [2.24, 2.45) is 5.41 Å². The van der Waals surface area contributed by atoms with Crippen molar-refractivity contribution in [2.45, 2.75) is 132 Å². The lowest BCUT2D eigenvalue weighted by Gasteiger charge is -2.35. The molecule has 1 rings (SSSR count). The van der Waals surface area contributed by atoms with E-state index in [1.54, 1.807) is 61.5 Å². The molecule has 2 atom stereocenters. The van der Waals surface area contributed by atoms with Gasteiger partial charge in [-0.2, -0.15) is 0 Å². The Kier molecular flexibility index (Phi) is 25.1. The number of allylic oxidation sites excluding steroid dienone is 3. The van der Waals surface area contributed by atoms with E-state index in [1.165, 1.54) is 0 Å². The van der Waals surface area contributed by atoms with E-state index in [2.05, 4.69) is 30.1 Å². The predicted molar refractivity (Wildman–Crippen MR) is 217 cm³/mol. The molecule has 2 amide bonds. The van der Waals surface area contributed by atoms with Gasteiger partial charge in [-0.25, -0.2) is 19.2 Å². The van der Waals surface area contributed by atoms with Crippen LogP contribution in [0.4, 0.5) is 9.59 Å². The van der Waals surface area contributed by atoms with Crippen molar-refractivity contribution in [1.82, 2.24) is 10.6 Å². The lowest BCUT2D eigenvalue weighted by Crippen LogP contribution is -2.49. The van der Waals surface area contributed by atoms with Crippen LogP contribution in [0.3, 0.4) is 0 Å². The molecule has 2 unspecified atom stereocenters. The van der Waals surface area contributed by atoms with Crippen molar-refractivity contribution in [3.05, 3.63) is 72.4 Å². The first-order chi connectivity index (χ1) is 25.5. The Balaban J connectivity index is 0. The highest BCUT2D eigenvalue weighted by molar-refractivity contribution is 5.82. The first-order valence-electron chi connectivity index (χ1n) is 18.4. The summed E-state index contributed by atoms with van der Waals surface area (Å²) in [7, 11) is 0. The molecule has 1 aromatic carbocycles. The molecule has 12 heteroatoms. The minimum atomic E-state index is -1.16. The highest BCUT2D eigenvalue weighted by atomic mass is 16.6. The van der Waals surface area contributed by atoms with Crippen LogP contribution in [0, 0.1) is 18.3 Å². The molecule has 0 aliphatic rings. The number of amides is 2. The number of rotatable bonds is 19. The van der Waals surface area contributed by atoms with Gasteiger partial charge >= 0.3 is 24.1 Å². The number of nitrogens with one attached hydrogen (secondary N) is 2. The van der Waals surface area contributed by atoms with Gasteiger partial charge in [0.05, 0.1) is 33.0 Å². The highest BCUT2D eigenvalue weighted by Crippen LogP contribution is 2.31. The Hall–Kier alpha value is -4.60. The Labute approximate surface area is 330 Å². The van der Waals surface area contributed by atoms with Crippen molar-refractivity contribution in [3.63, 3.8) is 0 Å². The number of alkyl carbamates (subject to hydrolysis) is 2. The van der Waals surface area contributed by atoms with Crippen LogP contribution in [0.15, 0.2) is 66.8 Å². The largest absolute Gasteiger partial charge is 0.464 e. The number of carbonyl (C=O) groups excluding carboxylic acids is 4. The van der Waals surface area contributed by atoms with Gasteiger partial charge < -0.3 is 39.1 Å². The second-order valence-electron chi connectivity index (χ2n) is 15.5. The quantitative estimate of drug-likeness (QED) is 0.0610. The lowest BCUT2D eigenvalue weighted by molar-refractivity contribution is -0.166. The topological polar surface area (TPSA) is 148 Å². The van der Waals surface area contributed by atoms with E-state index in [1.807, 2.05) is 83.2 Å². The molecule has 55 heavy (non-hydrogen) atoms. The summed E-state index contributed by atoms with van der Waals surface area (Å²) in [5, 5.41) is 5.11. The number of esters is 2. The molecule has 0 radical (unpaired) electrons. The Bertz CT molecular complexity index is 1380. The summed E-state index contributed by atoms with van der Waals surface area (Å²) in [6.07, 6.45) is 13.8. The van der Waals surface area contributed by atoms with Gasteiger partial charge in [0.1, 0.15) is 16.8 Å². The van der Waals surface area contributed by atoms with E-state index in [-0.39, 0.29) is 39.5 Å². The monoisotopic (exact) mass is 772 g/mol. The number of terminal acetylenes is 1. The molecular weight excluding hydrogens is 704 g/mol. The summed E-state index contributed by atoms with van der Waals surface area (Å²) in [6.45, 7) is 27.1. The van der Waals surface area contributed by atoms with Crippen LogP contribution in [0.25, 0.3) is 0 Å². The predicted octanol–water partition coefficient (Wildman–Crippen LogP) is 8.25. The van der Waals surface area contributed by atoms with E-state index < -0.39 is 58.4 Å². The third-order valence-corrected chi connectivity index (χ3v) is 6.55. The summed E-state index contributed by atoms with van der Waals surface area (Å²) in [4.78, 5) is 51.9. The van der Waals surface area contributed by atoms with Crippen LogP contribution in [0.2, 0.25) is 0 Å². The molecule has 0 aromatic heterocycles. The zero-order chi connectivity index (χ0) is 42.9. The zero-order valence-electron chi connectivity index (χ0n) is 35.5. The molecule has 0 spiro atoms. The zero-order valence-corrected chi connectivity index (χ0v) is 35.5. The molecule has 0 bridgehead atoms.